The zero-order valence-electron chi connectivity index (χ0n) is 13.4. The van der Waals surface area contributed by atoms with Crippen molar-refractivity contribution in [2.24, 2.45) is 0 Å². The second-order valence-electron chi connectivity index (χ2n) is 5.37. The number of para-hydroxylation sites is 1. The molecule has 3 rings (SSSR count). The van der Waals surface area contributed by atoms with E-state index >= 15 is 0 Å². The first kappa shape index (κ1) is 17.3. The number of aliphatic hydroxyl groups excluding tert-OH is 1. The average Bonchev–Trinajstić information content (AvgIpc) is 2.58. The van der Waals surface area contributed by atoms with Gasteiger partial charge in [0.1, 0.15) is 19.7 Å². The van der Waals surface area contributed by atoms with Gasteiger partial charge in [0.25, 0.3) is 0 Å². The lowest BCUT2D eigenvalue weighted by atomic mass is 9.90. The molecule has 1 unspecified atom stereocenters. The number of benzene rings is 2. The van der Waals surface area contributed by atoms with Crippen LogP contribution in [-0.2, 0) is 6.54 Å². The van der Waals surface area contributed by atoms with Gasteiger partial charge in [-0.25, -0.2) is 0 Å². The highest BCUT2D eigenvalue weighted by atomic mass is 16.5. The second kappa shape index (κ2) is 9.18. The lowest BCUT2D eigenvalue weighted by Crippen LogP contribution is -2.39. The zero-order chi connectivity index (χ0) is 16.5. The fraction of sp³-hybridized carbons (Fsp3) is 0.263. The minimum Gasteiger partial charge on any atom is -0.485 e. The molecule has 1 heterocycles. The minimum absolute atomic E-state index is 0.00450. The van der Waals surface area contributed by atoms with E-state index in [2.05, 4.69) is 29.2 Å². The zero-order valence-corrected chi connectivity index (χ0v) is 13.4. The number of rotatable bonds is 4. The third kappa shape index (κ3) is 5.59. The Bertz CT molecular complexity index is 601. The van der Waals surface area contributed by atoms with Gasteiger partial charge in [-0.05, 0) is 17.7 Å². The van der Waals surface area contributed by atoms with E-state index in [1.54, 1.807) is 0 Å². The number of hydrogen-bond donors (Lipinski definition) is 1. The normalized spacial score (nSPS) is 17.7. The van der Waals surface area contributed by atoms with E-state index in [1.165, 1.54) is 5.56 Å². The summed E-state index contributed by atoms with van der Waals surface area (Å²) in [6.45, 7) is 2.54. The Labute approximate surface area is 139 Å². The summed E-state index contributed by atoms with van der Waals surface area (Å²) in [5.74, 6) is 0.883. The van der Waals surface area contributed by atoms with E-state index in [9.17, 15) is 0 Å². The Balaban J connectivity index is 0.000000924. The fourth-order valence-corrected chi connectivity index (χ4v) is 2.63. The van der Waals surface area contributed by atoms with Crippen molar-refractivity contribution in [1.82, 2.24) is 4.90 Å². The molecule has 1 aliphatic rings. The van der Waals surface area contributed by atoms with Crippen molar-refractivity contribution in [3.63, 3.8) is 0 Å². The summed E-state index contributed by atoms with van der Waals surface area (Å²) in [7, 11) is 7.06. The van der Waals surface area contributed by atoms with Gasteiger partial charge in [0, 0.05) is 26.7 Å². The van der Waals surface area contributed by atoms with Crippen LogP contribution in [0.25, 0.3) is 0 Å². The molecule has 0 fully saturated rings. The first-order valence-electron chi connectivity index (χ1n) is 7.68. The van der Waals surface area contributed by atoms with Crippen LogP contribution in [0.5, 0.6) is 5.75 Å². The Morgan fingerprint density at radius 3 is 2.30 bits per heavy atom. The van der Waals surface area contributed by atoms with Crippen molar-refractivity contribution in [3.05, 3.63) is 77.8 Å². The Morgan fingerprint density at radius 2 is 1.65 bits per heavy atom. The van der Waals surface area contributed by atoms with Crippen molar-refractivity contribution in [2.45, 2.75) is 12.6 Å². The number of aliphatic hydroxyl groups is 1. The predicted octanol–water partition coefficient (Wildman–Crippen LogP) is 2.61. The van der Waals surface area contributed by atoms with E-state index in [0.717, 1.165) is 38.0 Å². The molecule has 4 heteroatoms. The molecule has 0 aliphatic carbocycles. The summed E-state index contributed by atoms with van der Waals surface area (Å²) in [4.78, 5) is 2.32. The Morgan fingerprint density at radius 1 is 1.04 bits per heavy atom. The molecule has 2 aromatic rings. The van der Waals surface area contributed by atoms with Crippen LogP contribution in [-0.4, -0.2) is 44.2 Å². The minimum atomic E-state index is 0.00450. The van der Waals surface area contributed by atoms with Crippen LogP contribution in [0.3, 0.4) is 0 Å². The summed E-state index contributed by atoms with van der Waals surface area (Å²) in [6.07, 6.45) is 2.03. The van der Waals surface area contributed by atoms with E-state index in [0.29, 0.717) is 0 Å². The SMILES string of the molecule is CO.[B]C1=CC(Oc2ccccc2)CN(Cc2ccccc2)C1. The topological polar surface area (TPSA) is 32.7 Å². The second-order valence-corrected chi connectivity index (χ2v) is 5.37. The van der Waals surface area contributed by atoms with Gasteiger partial charge in [0.15, 0.2) is 0 Å². The summed E-state index contributed by atoms with van der Waals surface area (Å²) in [6, 6.07) is 20.3. The highest BCUT2D eigenvalue weighted by Gasteiger charge is 2.19. The van der Waals surface area contributed by atoms with Crippen LogP contribution in [0.1, 0.15) is 5.56 Å². The molecule has 2 aromatic carbocycles. The average molecular weight is 307 g/mol. The van der Waals surface area contributed by atoms with Gasteiger partial charge in [0.2, 0.25) is 0 Å². The van der Waals surface area contributed by atoms with Gasteiger partial charge in [0.05, 0.1) is 0 Å². The maximum Gasteiger partial charge on any atom is 0.129 e. The molecule has 1 atom stereocenters. The molecular weight excluding hydrogens is 285 g/mol. The highest BCUT2D eigenvalue weighted by molar-refractivity contribution is 6.22. The van der Waals surface area contributed by atoms with Crippen molar-refractivity contribution in [3.8, 4) is 5.75 Å². The number of nitrogens with zero attached hydrogens (tertiary/aromatic N) is 1. The van der Waals surface area contributed by atoms with Crippen LogP contribution in [0, 0.1) is 0 Å². The van der Waals surface area contributed by atoms with Crippen LogP contribution in [0.15, 0.2) is 72.2 Å². The maximum absolute atomic E-state index is 7.00. The van der Waals surface area contributed by atoms with Crippen LogP contribution in [0.4, 0.5) is 0 Å². The van der Waals surface area contributed by atoms with Gasteiger partial charge >= 0.3 is 0 Å². The standard InChI is InChI=1S/C18H18BNO.CH4O/c19-16-11-18(21-17-9-5-2-6-10-17)14-20(13-16)12-15-7-3-1-4-8-15;1-2/h1-11,18H,12-14H2;2H,1H3. The third-order valence-electron chi connectivity index (χ3n) is 3.52. The summed E-state index contributed by atoms with van der Waals surface area (Å²) in [5.41, 5.74) is 2.17. The highest BCUT2D eigenvalue weighted by Crippen LogP contribution is 2.17. The van der Waals surface area contributed by atoms with E-state index in [1.807, 2.05) is 42.5 Å². The molecule has 3 nitrogen and oxygen atoms in total. The Kier molecular flexibility index (Phi) is 6.91. The first-order valence-corrected chi connectivity index (χ1v) is 7.68. The van der Waals surface area contributed by atoms with Crippen LogP contribution < -0.4 is 4.74 Å². The molecule has 0 saturated carbocycles. The molecule has 0 amide bonds. The smallest absolute Gasteiger partial charge is 0.129 e. The molecule has 0 aromatic heterocycles. The molecule has 0 bridgehead atoms. The summed E-state index contributed by atoms with van der Waals surface area (Å²) in [5, 5.41) is 7.00. The van der Waals surface area contributed by atoms with E-state index in [4.69, 9.17) is 17.7 Å². The van der Waals surface area contributed by atoms with Gasteiger partial charge in [-0.1, -0.05) is 54.6 Å². The molecule has 1 N–H and O–H groups in total. The van der Waals surface area contributed by atoms with Gasteiger partial charge in [-0.3, -0.25) is 4.90 Å². The predicted molar refractivity (Wildman–Crippen MR) is 94.6 cm³/mol. The summed E-state index contributed by atoms with van der Waals surface area (Å²) >= 11 is 0. The summed E-state index contributed by atoms with van der Waals surface area (Å²) < 4.78 is 6.00. The quantitative estimate of drug-likeness (QED) is 0.881. The van der Waals surface area contributed by atoms with Gasteiger partial charge in [-0.2, -0.15) is 0 Å². The maximum atomic E-state index is 7.00. The molecule has 0 saturated heterocycles. The molecule has 23 heavy (non-hydrogen) atoms. The third-order valence-corrected chi connectivity index (χ3v) is 3.52. The number of ether oxygens (including phenoxy) is 1. The molecule has 0 spiro atoms. The number of hydrogen-bond acceptors (Lipinski definition) is 3. The van der Waals surface area contributed by atoms with Crippen LogP contribution >= 0.6 is 0 Å². The first-order chi connectivity index (χ1) is 11.3. The largest absolute Gasteiger partial charge is 0.485 e. The van der Waals surface area contributed by atoms with Crippen LogP contribution in [0.2, 0.25) is 0 Å². The van der Waals surface area contributed by atoms with Gasteiger partial charge < -0.3 is 9.84 Å². The lowest BCUT2D eigenvalue weighted by Gasteiger charge is -2.31. The lowest BCUT2D eigenvalue weighted by molar-refractivity contribution is 0.156. The van der Waals surface area contributed by atoms with E-state index in [-0.39, 0.29) is 6.10 Å². The van der Waals surface area contributed by atoms with Crippen molar-refractivity contribution in [1.29, 1.82) is 0 Å². The molecule has 118 valence electrons. The molecule has 2 radical (unpaired) electrons. The fourth-order valence-electron chi connectivity index (χ4n) is 2.63. The molecular formula is C19H22BNO2. The van der Waals surface area contributed by atoms with Gasteiger partial charge in [-0.15, -0.1) is 5.47 Å². The van der Waals surface area contributed by atoms with Crippen molar-refractivity contribution < 1.29 is 9.84 Å². The molecule has 1 aliphatic heterocycles. The monoisotopic (exact) mass is 307 g/mol. The Hall–Kier alpha value is -2.04. The van der Waals surface area contributed by atoms with E-state index < -0.39 is 0 Å². The van der Waals surface area contributed by atoms with Crippen molar-refractivity contribution >= 4 is 7.85 Å². The van der Waals surface area contributed by atoms with Crippen molar-refractivity contribution in [2.75, 3.05) is 20.2 Å².